The monoisotopic (exact) mass is 445 g/mol. The number of nitrogens with two attached hydrogens (primary N) is 1. The zero-order valence-corrected chi connectivity index (χ0v) is 16.1. The molecule has 130 valence electrons. The highest BCUT2D eigenvalue weighted by Crippen LogP contribution is 2.20. The van der Waals surface area contributed by atoms with Crippen LogP contribution in [0.3, 0.4) is 0 Å². The third-order valence-electron chi connectivity index (χ3n) is 3.66. The lowest BCUT2D eigenvalue weighted by Gasteiger charge is -2.12. The first kappa shape index (κ1) is 20.3. The molecule has 24 heavy (non-hydrogen) atoms. The smallest absolute Gasteiger partial charge is 0.193 e. The van der Waals surface area contributed by atoms with Crippen molar-refractivity contribution in [2.75, 3.05) is 11.9 Å². The number of anilines is 1. The van der Waals surface area contributed by atoms with Crippen molar-refractivity contribution in [1.82, 2.24) is 0 Å². The van der Waals surface area contributed by atoms with E-state index in [1.807, 2.05) is 31.2 Å². The van der Waals surface area contributed by atoms with E-state index in [1.54, 1.807) is 0 Å². The summed E-state index contributed by atoms with van der Waals surface area (Å²) in [4.78, 5) is 4.22. The Labute approximate surface area is 158 Å². The number of hydrogen-bond acceptors (Lipinski definition) is 1. The van der Waals surface area contributed by atoms with E-state index in [1.165, 1.54) is 17.7 Å². The summed E-state index contributed by atoms with van der Waals surface area (Å²) >= 11 is 0. The Kier molecular flexibility index (Phi) is 8.10. The second-order valence-electron chi connectivity index (χ2n) is 5.47. The Morgan fingerprint density at radius 3 is 2.42 bits per heavy atom. The molecule has 0 saturated heterocycles. The lowest BCUT2D eigenvalue weighted by Crippen LogP contribution is -2.23. The second kappa shape index (κ2) is 9.56. The van der Waals surface area contributed by atoms with Gasteiger partial charge in [0.1, 0.15) is 11.6 Å². The summed E-state index contributed by atoms with van der Waals surface area (Å²) in [7, 11) is 0. The van der Waals surface area contributed by atoms with Crippen LogP contribution in [0.25, 0.3) is 0 Å². The molecule has 0 spiro atoms. The van der Waals surface area contributed by atoms with Gasteiger partial charge >= 0.3 is 0 Å². The van der Waals surface area contributed by atoms with E-state index in [0.29, 0.717) is 12.1 Å². The van der Waals surface area contributed by atoms with E-state index in [2.05, 4.69) is 17.2 Å². The van der Waals surface area contributed by atoms with Gasteiger partial charge in [0.2, 0.25) is 0 Å². The van der Waals surface area contributed by atoms with Gasteiger partial charge in [-0.15, -0.1) is 24.0 Å². The zero-order valence-electron chi connectivity index (χ0n) is 13.7. The largest absolute Gasteiger partial charge is 0.370 e. The maximum atomic E-state index is 13.7. The van der Waals surface area contributed by atoms with Gasteiger partial charge in [-0.3, -0.25) is 4.99 Å². The number of aliphatic imine (C=N–C) groups is 1. The van der Waals surface area contributed by atoms with E-state index in [4.69, 9.17) is 5.73 Å². The molecular weight excluding hydrogens is 423 g/mol. The third-order valence-corrected chi connectivity index (χ3v) is 3.66. The molecule has 0 saturated carbocycles. The molecule has 0 radical (unpaired) electrons. The van der Waals surface area contributed by atoms with Crippen LogP contribution in [0.15, 0.2) is 47.5 Å². The minimum absolute atomic E-state index is 0. The topological polar surface area (TPSA) is 50.4 Å². The zero-order chi connectivity index (χ0) is 16.8. The summed E-state index contributed by atoms with van der Waals surface area (Å²) in [6, 6.07) is 11.5. The fourth-order valence-corrected chi connectivity index (χ4v) is 2.25. The third kappa shape index (κ3) is 5.74. The molecule has 0 bridgehead atoms. The first-order chi connectivity index (χ1) is 11.0. The summed E-state index contributed by atoms with van der Waals surface area (Å²) in [6.45, 7) is 4.23. The molecule has 1 unspecified atom stereocenters. The van der Waals surface area contributed by atoms with Gasteiger partial charge in [0.25, 0.3) is 0 Å². The highest BCUT2D eigenvalue weighted by molar-refractivity contribution is 14.0. The van der Waals surface area contributed by atoms with Crippen LogP contribution in [-0.2, 0) is 6.42 Å². The maximum absolute atomic E-state index is 13.7. The van der Waals surface area contributed by atoms with E-state index in [-0.39, 0.29) is 35.9 Å². The summed E-state index contributed by atoms with van der Waals surface area (Å²) in [6.07, 6.45) is 0.977. The number of aryl methyl sites for hydroxylation is 1. The van der Waals surface area contributed by atoms with Crippen molar-refractivity contribution >= 4 is 35.6 Å². The maximum Gasteiger partial charge on any atom is 0.193 e. The SMILES string of the molecule is CCc1ccc(NC(N)=NCC(C)c2ccc(F)cc2F)cc1.I. The molecule has 0 heterocycles. The number of guanidine groups is 1. The highest BCUT2D eigenvalue weighted by Gasteiger charge is 2.11. The Bertz CT molecular complexity index is 687. The first-order valence-corrected chi connectivity index (χ1v) is 7.60. The van der Waals surface area contributed by atoms with E-state index in [9.17, 15) is 8.78 Å². The summed E-state index contributed by atoms with van der Waals surface area (Å²) in [5, 5.41) is 3.00. The lowest BCUT2D eigenvalue weighted by atomic mass is 10.0. The number of benzene rings is 2. The molecule has 0 amide bonds. The van der Waals surface area contributed by atoms with Crippen molar-refractivity contribution in [3.05, 3.63) is 65.2 Å². The van der Waals surface area contributed by atoms with Gasteiger partial charge in [0.05, 0.1) is 0 Å². The molecule has 0 aromatic heterocycles. The standard InChI is InChI=1S/C18H21F2N3.HI/c1-3-13-4-7-15(8-5-13)23-18(21)22-11-12(2)16-9-6-14(19)10-17(16)20;/h4-10,12H,3,11H2,1-2H3,(H3,21,22,23);1H. The highest BCUT2D eigenvalue weighted by atomic mass is 127. The van der Waals surface area contributed by atoms with Crippen LogP contribution < -0.4 is 11.1 Å². The molecule has 2 aromatic carbocycles. The second-order valence-corrected chi connectivity index (χ2v) is 5.47. The molecular formula is C18H22F2IN3. The van der Waals surface area contributed by atoms with Crippen molar-refractivity contribution < 1.29 is 8.78 Å². The fraction of sp³-hybridized carbons (Fsp3) is 0.278. The van der Waals surface area contributed by atoms with Crippen LogP contribution in [0, 0.1) is 11.6 Å². The predicted molar refractivity (Wildman–Crippen MR) is 106 cm³/mol. The molecule has 2 rings (SSSR count). The quantitative estimate of drug-likeness (QED) is 0.399. The Balaban J connectivity index is 0.00000288. The van der Waals surface area contributed by atoms with Crippen molar-refractivity contribution in [3.8, 4) is 0 Å². The van der Waals surface area contributed by atoms with E-state index in [0.717, 1.165) is 18.2 Å². The number of halogens is 3. The van der Waals surface area contributed by atoms with Crippen LogP contribution in [0.4, 0.5) is 14.5 Å². The molecule has 0 aliphatic heterocycles. The minimum Gasteiger partial charge on any atom is -0.370 e. The molecule has 6 heteroatoms. The van der Waals surface area contributed by atoms with Crippen LogP contribution >= 0.6 is 24.0 Å². The summed E-state index contributed by atoms with van der Waals surface area (Å²) < 4.78 is 26.6. The van der Waals surface area contributed by atoms with Gasteiger partial charge in [0.15, 0.2) is 5.96 Å². The summed E-state index contributed by atoms with van der Waals surface area (Å²) in [5.74, 6) is -1.07. The van der Waals surface area contributed by atoms with Crippen molar-refractivity contribution in [2.24, 2.45) is 10.7 Å². The average Bonchev–Trinajstić information content (AvgIpc) is 2.53. The molecule has 0 aliphatic rings. The predicted octanol–water partition coefficient (Wildman–Crippen LogP) is 4.68. The lowest BCUT2D eigenvalue weighted by molar-refractivity contribution is 0.560. The van der Waals surface area contributed by atoms with Gasteiger partial charge in [-0.25, -0.2) is 8.78 Å². The number of rotatable bonds is 5. The normalized spacial score (nSPS) is 12.4. The van der Waals surface area contributed by atoms with Gasteiger partial charge < -0.3 is 11.1 Å². The van der Waals surface area contributed by atoms with Crippen molar-refractivity contribution in [1.29, 1.82) is 0 Å². The number of nitrogens with zero attached hydrogens (tertiary/aromatic N) is 1. The van der Waals surface area contributed by atoms with Crippen LogP contribution in [0.5, 0.6) is 0 Å². The number of hydrogen-bond donors (Lipinski definition) is 2. The van der Waals surface area contributed by atoms with Crippen LogP contribution in [0.1, 0.15) is 30.9 Å². The average molecular weight is 445 g/mol. The van der Waals surface area contributed by atoms with E-state index < -0.39 is 11.6 Å². The van der Waals surface area contributed by atoms with Crippen LogP contribution in [0.2, 0.25) is 0 Å². The van der Waals surface area contributed by atoms with Crippen molar-refractivity contribution in [3.63, 3.8) is 0 Å². The van der Waals surface area contributed by atoms with Gasteiger partial charge in [0, 0.05) is 24.2 Å². The van der Waals surface area contributed by atoms with E-state index >= 15 is 0 Å². The molecule has 3 N–H and O–H groups in total. The Hall–Kier alpha value is -1.70. The molecule has 2 aromatic rings. The van der Waals surface area contributed by atoms with Crippen molar-refractivity contribution in [2.45, 2.75) is 26.2 Å². The fourth-order valence-electron chi connectivity index (χ4n) is 2.25. The number of nitrogens with one attached hydrogen (secondary N) is 1. The van der Waals surface area contributed by atoms with Gasteiger partial charge in [-0.2, -0.15) is 0 Å². The molecule has 0 aliphatic carbocycles. The van der Waals surface area contributed by atoms with Gasteiger partial charge in [-0.1, -0.05) is 32.0 Å². The molecule has 1 atom stereocenters. The Morgan fingerprint density at radius 2 is 1.83 bits per heavy atom. The molecule has 3 nitrogen and oxygen atoms in total. The summed E-state index contributed by atoms with van der Waals surface area (Å²) in [5.41, 5.74) is 8.37. The van der Waals surface area contributed by atoms with Crippen LogP contribution in [-0.4, -0.2) is 12.5 Å². The van der Waals surface area contributed by atoms with Gasteiger partial charge in [-0.05, 0) is 35.7 Å². The first-order valence-electron chi connectivity index (χ1n) is 7.60. The molecule has 0 fully saturated rings. The minimum atomic E-state index is -0.585. The Morgan fingerprint density at radius 1 is 1.17 bits per heavy atom.